The van der Waals surface area contributed by atoms with Gasteiger partial charge in [-0.2, -0.15) is 0 Å². The van der Waals surface area contributed by atoms with Gasteiger partial charge in [-0.15, -0.1) is 24.8 Å². The Hall–Kier alpha value is -1.33. The van der Waals surface area contributed by atoms with Gasteiger partial charge in [0.2, 0.25) is 0 Å². The van der Waals surface area contributed by atoms with Gasteiger partial charge in [0.1, 0.15) is 17.3 Å². The first kappa shape index (κ1) is 21.0. The smallest absolute Gasteiger partial charge is 0.132 e. The van der Waals surface area contributed by atoms with E-state index >= 15 is 0 Å². The van der Waals surface area contributed by atoms with Gasteiger partial charge in [0.15, 0.2) is 0 Å². The van der Waals surface area contributed by atoms with Crippen molar-refractivity contribution in [1.29, 1.82) is 0 Å². The summed E-state index contributed by atoms with van der Waals surface area (Å²) < 4.78 is 20.1. The number of benzene rings is 2. The van der Waals surface area contributed by atoms with Crippen LogP contribution in [-0.2, 0) is 6.42 Å². The predicted molar refractivity (Wildman–Crippen MR) is 108 cm³/mol. The highest BCUT2D eigenvalue weighted by Gasteiger charge is 2.30. The molecule has 1 unspecified atom stereocenters. The standard InChI is InChI=1S/C20H23FN2O.2ClH/c1-14-3-5-19-15(11-14)12-18(23-9-7-22(2)8-10-23)17-13-16(21)4-6-20(17)24-19;;/h3-6,11,13,18H,7-10,12H2,1-2H3;2*1H. The van der Waals surface area contributed by atoms with Crippen LogP contribution in [-0.4, -0.2) is 43.0 Å². The van der Waals surface area contributed by atoms with Crippen LogP contribution in [0.1, 0.15) is 22.7 Å². The first-order valence-electron chi connectivity index (χ1n) is 8.59. The Kier molecular flexibility index (Phi) is 6.92. The molecular formula is C20H25Cl2FN2O. The number of ether oxygens (including phenoxy) is 1. The normalized spacial score (nSPS) is 19.9. The molecule has 6 heteroatoms. The second kappa shape index (κ2) is 8.57. The lowest BCUT2D eigenvalue weighted by Crippen LogP contribution is -2.46. The Balaban J connectivity index is 0.00000121. The molecular weight excluding hydrogens is 374 g/mol. The van der Waals surface area contributed by atoms with Crippen LogP contribution in [0.5, 0.6) is 11.5 Å². The fraction of sp³-hybridized carbons (Fsp3) is 0.400. The van der Waals surface area contributed by atoms with Crippen molar-refractivity contribution < 1.29 is 9.13 Å². The van der Waals surface area contributed by atoms with Crippen molar-refractivity contribution in [3.05, 3.63) is 58.9 Å². The van der Waals surface area contributed by atoms with Gasteiger partial charge in [-0.05, 0) is 50.2 Å². The lowest BCUT2D eigenvalue weighted by molar-refractivity contribution is 0.111. The highest BCUT2D eigenvalue weighted by molar-refractivity contribution is 5.85. The van der Waals surface area contributed by atoms with Crippen LogP contribution in [0.25, 0.3) is 0 Å². The van der Waals surface area contributed by atoms with E-state index in [0.717, 1.165) is 49.7 Å². The second-order valence-electron chi connectivity index (χ2n) is 6.95. The van der Waals surface area contributed by atoms with E-state index in [1.54, 1.807) is 12.1 Å². The molecule has 1 fully saturated rings. The molecule has 0 N–H and O–H groups in total. The fourth-order valence-electron chi connectivity index (χ4n) is 3.74. The molecule has 2 heterocycles. The van der Waals surface area contributed by atoms with Gasteiger partial charge in [-0.3, -0.25) is 4.90 Å². The third-order valence-corrected chi connectivity index (χ3v) is 5.16. The molecule has 0 saturated carbocycles. The zero-order valence-electron chi connectivity index (χ0n) is 15.1. The third-order valence-electron chi connectivity index (χ3n) is 5.16. The van der Waals surface area contributed by atoms with Crippen LogP contribution < -0.4 is 4.74 Å². The summed E-state index contributed by atoms with van der Waals surface area (Å²) in [5.41, 5.74) is 3.40. The number of fused-ring (bicyclic) bond motifs is 2. The molecule has 0 aromatic heterocycles. The molecule has 142 valence electrons. The summed E-state index contributed by atoms with van der Waals surface area (Å²) in [7, 11) is 2.15. The lowest BCUT2D eigenvalue weighted by atomic mass is 9.96. The maximum atomic E-state index is 13.9. The third kappa shape index (κ3) is 4.15. The van der Waals surface area contributed by atoms with E-state index in [2.05, 4.69) is 35.9 Å². The van der Waals surface area contributed by atoms with Gasteiger partial charge >= 0.3 is 0 Å². The van der Waals surface area contributed by atoms with Crippen molar-refractivity contribution in [2.24, 2.45) is 0 Å². The molecule has 0 aliphatic carbocycles. The van der Waals surface area contributed by atoms with E-state index in [4.69, 9.17) is 4.74 Å². The number of hydrogen-bond donors (Lipinski definition) is 0. The summed E-state index contributed by atoms with van der Waals surface area (Å²) in [5.74, 6) is 1.48. The Morgan fingerprint density at radius 1 is 0.962 bits per heavy atom. The van der Waals surface area contributed by atoms with Crippen molar-refractivity contribution in [3.63, 3.8) is 0 Å². The Bertz CT molecular complexity index is 763. The first-order valence-corrected chi connectivity index (χ1v) is 8.59. The maximum Gasteiger partial charge on any atom is 0.132 e. The quantitative estimate of drug-likeness (QED) is 0.696. The summed E-state index contributed by atoms with van der Waals surface area (Å²) in [6, 6.07) is 11.4. The maximum absolute atomic E-state index is 13.9. The van der Waals surface area contributed by atoms with Crippen LogP contribution in [0.15, 0.2) is 36.4 Å². The Labute approximate surface area is 167 Å². The lowest BCUT2D eigenvalue weighted by Gasteiger charge is -2.38. The van der Waals surface area contributed by atoms with Crippen molar-refractivity contribution in [2.75, 3.05) is 33.2 Å². The van der Waals surface area contributed by atoms with Crippen molar-refractivity contribution in [3.8, 4) is 11.5 Å². The predicted octanol–water partition coefficient (Wildman–Crippen LogP) is 4.61. The Morgan fingerprint density at radius 2 is 1.65 bits per heavy atom. The molecule has 0 amide bonds. The van der Waals surface area contributed by atoms with Gasteiger partial charge in [0.25, 0.3) is 0 Å². The van der Waals surface area contributed by atoms with Crippen LogP contribution >= 0.6 is 24.8 Å². The number of nitrogens with zero attached hydrogens (tertiary/aromatic N) is 2. The highest BCUT2D eigenvalue weighted by Crippen LogP contribution is 2.41. The minimum atomic E-state index is -0.196. The summed E-state index contributed by atoms with van der Waals surface area (Å²) in [4.78, 5) is 4.81. The van der Waals surface area contributed by atoms with Gasteiger partial charge in [0.05, 0.1) is 0 Å². The fourth-order valence-corrected chi connectivity index (χ4v) is 3.74. The molecule has 0 radical (unpaired) electrons. The van der Waals surface area contributed by atoms with Gasteiger partial charge < -0.3 is 9.64 Å². The first-order chi connectivity index (χ1) is 11.6. The average Bonchev–Trinajstić information content (AvgIpc) is 2.72. The number of piperazine rings is 1. The van der Waals surface area contributed by atoms with Gasteiger partial charge in [0, 0.05) is 37.8 Å². The topological polar surface area (TPSA) is 15.7 Å². The number of rotatable bonds is 1. The average molecular weight is 399 g/mol. The number of aryl methyl sites for hydroxylation is 1. The van der Waals surface area contributed by atoms with E-state index in [0.29, 0.717) is 0 Å². The highest BCUT2D eigenvalue weighted by atomic mass is 35.5. The Morgan fingerprint density at radius 3 is 2.38 bits per heavy atom. The monoisotopic (exact) mass is 398 g/mol. The molecule has 2 aliphatic rings. The van der Waals surface area contributed by atoms with Crippen LogP contribution in [0, 0.1) is 12.7 Å². The molecule has 1 saturated heterocycles. The summed E-state index contributed by atoms with van der Waals surface area (Å²) in [6.45, 7) is 6.19. The zero-order chi connectivity index (χ0) is 16.7. The molecule has 0 spiro atoms. The van der Waals surface area contributed by atoms with Crippen LogP contribution in [0.2, 0.25) is 0 Å². The number of hydrogen-bond acceptors (Lipinski definition) is 3. The van der Waals surface area contributed by atoms with E-state index in [-0.39, 0.29) is 36.7 Å². The van der Waals surface area contributed by atoms with Gasteiger partial charge in [-0.25, -0.2) is 4.39 Å². The molecule has 2 aliphatic heterocycles. The van der Waals surface area contributed by atoms with E-state index < -0.39 is 0 Å². The summed E-state index contributed by atoms with van der Waals surface area (Å²) >= 11 is 0. The van der Waals surface area contributed by atoms with E-state index in [1.165, 1.54) is 17.2 Å². The van der Waals surface area contributed by atoms with Crippen molar-refractivity contribution >= 4 is 24.8 Å². The second-order valence-corrected chi connectivity index (χ2v) is 6.95. The zero-order valence-corrected chi connectivity index (χ0v) is 16.7. The molecule has 1 atom stereocenters. The molecule has 26 heavy (non-hydrogen) atoms. The summed E-state index contributed by atoms with van der Waals surface area (Å²) in [6.07, 6.45) is 0.858. The number of likely N-dealkylation sites (N-methyl/N-ethyl adjacent to an activating group) is 1. The molecule has 2 aromatic rings. The molecule has 2 aromatic carbocycles. The van der Waals surface area contributed by atoms with E-state index in [9.17, 15) is 4.39 Å². The minimum absolute atomic E-state index is 0. The SMILES string of the molecule is Cc1ccc2c(c1)CC(N1CCN(C)CC1)c1cc(F)ccc1O2.Cl.Cl. The molecule has 0 bridgehead atoms. The summed E-state index contributed by atoms with van der Waals surface area (Å²) in [5, 5.41) is 0. The van der Waals surface area contributed by atoms with E-state index in [1.807, 2.05) is 6.07 Å². The van der Waals surface area contributed by atoms with Crippen LogP contribution in [0.4, 0.5) is 4.39 Å². The largest absolute Gasteiger partial charge is 0.457 e. The van der Waals surface area contributed by atoms with Crippen molar-refractivity contribution in [2.45, 2.75) is 19.4 Å². The molecule has 4 rings (SSSR count). The van der Waals surface area contributed by atoms with Crippen LogP contribution in [0.3, 0.4) is 0 Å². The number of halogens is 3. The van der Waals surface area contributed by atoms with Gasteiger partial charge in [-0.1, -0.05) is 17.7 Å². The minimum Gasteiger partial charge on any atom is -0.457 e. The molecule has 3 nitrogen and oxygen atoms in total. The van der Waals surface area contributed by atoms with Crippen molar-refractivity contribution in [1.82, 2.24) is 9.80 Å².